The highest BCUT2D eigenvalue weighted by molar-refractivity contribution is 7.99. The van der Waals surface area contributed by atoms with Gasteiger partial charge in [0.1, 0.15) is 0 Å². The molecule has 0 saturated heterocycles. The predicted octanol–water partition coefficient (Wildman–Crippen LogP) is 1.37. The standard InChI is InChI=1S/C13H28N2O2S/c1-9(6-5-7-10(2)14)13(17)15-11(3)12(8-16)18-4/h9-12,16H,5-8,14H2,1-4H3,(H,15,17). The summed E-state index contributed by atoms with van der Waals surface area (Å²) >= 11 is 1.57. The average molecular weight is 276 g/mol. The Kier molecular flexibility index (Phi) is 9.50. The molecule has 0 aliphatic rings. The first-order valence-electron chi connectivity index (χ1n) is 6.62. The average Bonchev–Trinajstić information content (AvgIpc) is 2.29. The van der Waals surface area contributed by atoms with E-state index < -0.39 is 0 Å². The molecule has 1 amide bonds. The number of carbonyl (C=O) groups excluding carboxylic acids is 1. The molecule has 5 heteroatoms. The molecular formula is C13H28N2O2S. The lowest BCUT2D eigenvalue weighted by molar-refractivity contribution is -0.125. The van der Waals surface area contributed by atoms with E-state index in [-0.39, 0.29) is 35.8 Å². The molecule has 0 fully saturated rings. The quantitative estimate of drug-likeness (QED) is 0.594. The van der Waals surface area contributed by atoms with Crippen molar-refractivity contribution in [2.24, 2.45) is 11.7 Å². The van der Waals surface area contributed by atoms with E-state index in [0.29, 0.717) is 0 Å². The molecule has 0 spiro atoms. The molecule has 0 saturated carbocycles. The van der Waals surface area contributed by atoms with Gasteiger partial charge < -0.3 is 16.2 Å². The van der Waals surface area contributed by atoms with Crippen LogP contribution in [0.2, 0.25) is 0 Å². The van der Waals surface area contributed by atoms with Crippen LogP contribution in [0.4, 0.5) is 0 Å². The van der Waals surface area contributed by atoms with Crippen LogP contribution in [0.1, 0.15) is 40.0 Å². The fourth-order valence-electron chi connectivity index (χ4n) is 1.77. The van der Waals surface area contributed by atoms with Crippen molar-refractivity contribution >= 4 is 17.7 Å². The maximum atomic E-state index is 11.9. The highest BCUT2D eigenvalue weighted by atomic mass is 32.2. The van der Waals surface area contributed by atoms with Crippen LogP contribution in [0.25, 0.3) is 0 Å². The van der Waals surface area contributed by atoms with Gasteiger partial charge >= 0.3 is 0 Å². The van der Waals surface area contributed by atoms with Gasteiger partial charge in [-0.1, -0.05) is 13.3 Å². The second kappa shape index (κ2) is 9.64. The Morgan fingerprint density at radius 1 is 1.33 bits per heavy atom. The maximum absolute atomic E-state index is 11.9. The molecule has 0 aromatic carbocycles. The molecule has 0 aliphatic heterocycles. The number of nitrogens with one attached hydrogen (secondary N) is 1. The van der Waals surface area contributed by atoms with Gasteiger partial charge in [0.2, 0.25) is 5.91 Å². The van der Waals surface area contributed by atoms with Crippen molar-refractivity contribution in [3.63, 3.8) is 0 Å². The van der Waals surface area contributed by atoms with Gasteiger partial charge in [-0.3, -0.25) is 4.79 Å². The smallest absolute Gasteiger partial charge is 0.223 e. The number of aliphatic hydroxyl groups is 1. The van der Waals surface area contributed by atoms with E-state index in [0.717, 1.165) is 19.3 Å². The Balaban J connectivity index is 3.99. The zero-order valence-electron chi connectivity index (χ0n) is 12.0. The van der Waals surface area contributed by atoms with Crippen LogP contribution in [0.15, 0.2) is 0 Å². The molecule has 0 aromatic heterocycles. The van der Waals surface area contributed by atoms with Crippen molar-refractivity contribution in [1.82, 2.24) is 5.32 Å². The molecule has 0 bridgehead atoms. The van der Waals surface area contributed by atoms with E-state index in [9.17, 15) is 4.79 Å². The zero-order valence-corrected chi connectivity index (χ0v) is 12.8. The number of amides is 1. The van der Waals surface area contributed by atoms with Crippen LogP contribution in [0.5, 0.6) is 0 Å². The van der Waals surface area contributed by atoms with Crippen LogP contribution in [0, 0.1) is 5.92 Å². The lowest BCUT2D eigenvalue weighted by atomic mass is 10.0. The molecule has 0 rings (SSSR count). The van der Waals surface area contributed by atoms with Gasteiger partial charge in [-0.05, 0) is 32.9 Å². The van der Waals surface area contributed by atoms with E-state index in [1.807, 2.05) is 27.0 Å². The van der Waals surface area contributed by atoms with Crippen molar-refractivity contribution in [2.45, 2.75) is 57.4 Å². The minimum atomic E-state index is -0.00613. The van der Waals surface area contributed by atoms with Crippen molar-refractivity contribution in [2.75, 3.05) is 12.9 Å². The number of rotatable bonds is 9. The lowest BCUT2D eigenvalue weighted by Crippen LogP contribution is -2.43. The monoisotopic (exact) mass is 276 g/mol. The topological polar surface area (TPSA) is 75.3 Å². The zero-order chi connectivity index (χ0) is 14.1. The third kappa shape index (κ3) is 7.24. The normalized spacial score (nSPS) is 17.9. The summed E-state index contributed by atoms with van der Waals surface area (Å²) in [6, 6.07) is 0.197. The number of carbonyl (C=O) groups is 1. The highest BCUT2D eigenvalue weighted by Gasteiger charge is 2.20. The van der Waals surface area contributed by atoms with Gasteiger partial charge in [-0.25, -0.2) is 0 Å². The van der Waals surface area contributed by atoms with Crippen LogP contribution in [-0.4, -0.2) is 41.2 Å². The van der Waals surface area contributed by atoms with Gasteiger partial charge in [0, 0.05) is 23.3 Å². The number of nitrogens with two attached hydrogens (primary N) is 1. The Hall–Kier alpha value is -0.260. The fourth-order valence-corrected chi connectivity index (χ4v) is 2.40. The van der Waals surface area contributed by atoms with E-state index in [1.54, 1.807) is 11.8 Å². The number of thioether (sulfide) groups is 1. The fraction of sp³-hybridized carbons (Fsp3) is 0.923. The minimum absolute atomic E-state index is 0.00613. The first-order valence-corrected chi connectivity index (χ1v) is 7.90. The second-order valence-corrected chi connectivity index (χ2v) is 6.14. The summed E-state index contributed by atoms with van der Waals surface area (Å²) in [6.07, 6.45) is 4.74. The molecule has 4 atom stereocenters. The summed E-state index contributed by atoms with van der Waals surface area (Å²) in [6.45, 7) is 5.94. The van der Waals surface area contributed by atoms with Gasteiger partial charge in [-0.15, -0.1) is 0 Å². The summed E-state index contributed by atoms with van der Waals surface area (Å²) in [5.74, 6) is 0.0760. The molecule has 0 radical (unpaired) electrons. The minimum Gasteiger partial charge on any atom is -0.395 e. The van der Waals surface area contributed by atoms with Crippen LogP contribution in [-0.2, 0) is 4.79 Å². The van der Waals surface area contributed by atoms with Gasteiger partial charge in [0.15, 0.2) is 0 Å². The van der Waals surface area contributed by atoms with Gasteiger partial charge in [0.05, 0.1) is 6.61 Å². The SMILES string of the molecule is CSC(CO)C(C)NC(=O)C(C)CCCC(C)N. The molecule has 108 valence electrons. The van der Waals surface area contributed by atoms with Crippen LogP contribution in [0.3, 0.4) is 0 Å². The third-order valence-corrected chi connectivity index (χ3v) is 4.32. The lowest BCUT2D eigenvalue weighted by Gasteiger charge is -2.23. The number of hydrogen-bond donors (Lipinski definition) is 3. The van der Waals surface area contributed by atoms with E-state index in [4.69, 9.17) is 10.8 Å². The first-order chi connectivity index (χ1) is 8.42. The summed E-state index contributed by atoms with van der Waals surface area (Å²) in [4.78, 5) is 11.9. The van der Waals surface area contributed by atoms with Gasteiger partial charge in [0.25, 0.3) is 0 Å². The van der Waals surface area contributed by atoms with Crippen molar-refractivity contribution in [1.29, 1.82) is 0 Å². The largest absolute Gasteiger partial charge is 0.395 e. The Morgan fingerprint density at radius 2 is 1.94 bits per heavy atom. The van der Waals surface area contributed by atoms with Crippen molar-refractivity contribution < 1.29 is 9.90 Å². The van der Waals surface area contributed by atoms with E-state index in [2.05, 4.69) is 5.32 Å². The second-order valence-electron chi connectivity index (χ2n) is 5.06. The molecule has 0 aromatic rings. The van der Waals surface area contributed by atoms with E-state index >= 15 is 0 Å². The molecular weight excluding hydrogens is 248 g/mol. The molecule has 18 heavy (non-hydrogen) atoms. The molecule has 4 unspecified atom stereocenters. The summed E-state index contributed by atoms with van der Waals surface area (Å²) in [5.41, 5.74) is 5.68. The summed E-state index contributed by atoms with van der Waals surface area (Å²) < 4.78 is 0. The van der Waals surface area contributed by atoms with Crippen molar-refractivity contribution in [3.05, 3.63) is 0 Å². The van der Waals surface area contributed by atoms with E-state index in [1.165, 1.54) is 0 Å². The Bertz CT molecular complexity index is 233. The first kappa shape index (κ1) is 17.7. The number of hydrogen-bond acceptors (Lipinski definition) is 4. The molecule has 4 nitrogen and oxygen atoms in total. The van der Waals surface area contributed by atoms with Crippen molar-refractivity contribution in [3.8, 4) is 0 Å². The van der Waals surface area contributed by atoms with Crippen LogP contribution < -0.4 is 11.1 Å². The predicted molar refractivity (Wildman–Crippen MR) is 78.7 cm³/mol. The maximum Gasteiger partial charge on any atom is 0.223 e. The summed E-state index contributed by atoms with van der Waals surface area (Å²) in [7, 11) is 0. The number of aliphatic hydroxyl groups excluding tert-OH is 1. The Labute approximate surface area is 115 Å². The highest BCUT2D eigenvalue weighted by Crippen LogP contribution is 2.13. The molecule has 4 N–H and O–H groups in total. The van der Waals surface area contributed by atoms with Gasteiger partial charge in [-0.2, -0.15) is 11.8 Å². The molecule has 0 heterocycles. The molecule has 0 aliphatic carbocycles. The van der Waals surface area contributed by atoms with Crippen LogP contribution >= 0.6 is 11.8 Å². The Morgan fingerprint density at radius 3 is 2.39 bits per heavy atom. The summed E-state index contributed by atoms with van der Waals surface area (Å²) in [5, 5.41) is 12.2. The third-order valence-electron chi connectivity index (χ3n) is 3.15.